The van der Waals surface area contributed by atoms with Crippen molar-refractivity contribution in [3.63, 3.8) is 0 Å². The van der Waals surface area contributed by atoms with Crippen LogP contribution in [0.3, 0.4) is 0 Å². The van der Waals surface area contributed by atoms with Gasteiger partial charge in [-0.3, -0.25) is 11.3 Å². The zero-order valence-electron chi connectivity index (χ0n) is 11.2. The zero-order valence-corrected chi connectivity index (χ0v) is 12.7. The molecule has 108 valence electrons. The number of hydrogen-bond donors (Lipinski definition) is 2. The van der Waals surface area contributed by atoms with E-state index >= 15 is 0 Å². The number of hydrogen-bond acceptors (Lipinski definition) is 4. The van der Waals surface area contributed by atoms with E-state index < -0.39 is 6.29 Å². The number of rotatable bonds is 8. The summed E-state index contributed by atoms with van der Waals surface area (Å²) in [4.78, 5) is 0. The smallest absolute Gasteiger partial charge is 0.174 e. The average molecular weight is 335 g/mol. The lowest BCUT2D eigenvalue weighted by Gasteiger charge is -2.26. The van der Waals surface area contributed by atoms with Gasteiger partial charge in [-0.05, 0) is 38.0 Å². The summed E-state index contributed by atoms with van der Waals surface area (Å²) < 4.78 is 25.5. The third-order valence-corrected chi connectivity index (χ3v) is 3.15. The monoisotopic (exact) mass is 334 g/mol. The number of nitrogens with one attached hydrogen (secondary N) is 1. The highest BCUT2D eigenvalue weighted by atomic mass is 79.9. The third kappa shape index (κ3) is 5.16. The van der Waals surface area contributed by atoms with Crippen LogP contribution >= 0.6 is 15.9 Å². The van der Waals surface area contributed by atoms with Crippen molar-refractivity contribution in [2.24, 2.45) is 5.84 Å². The zero-order chi connectivity index (χ0) is 14.3. The van der Waals surface area contributed by atoms with E-state index in [4.69, 9.17) is 15.3 Å². The van der Waals surface area contributed by atoms with Crippen molar-refractivity contribution in [2.75, 3.05) is 13.2 Å². The molecule has 0 aliphatic heterocycles. The van der Waals surface area contributed by atoms with Crippen LogP contribution in [-0.2, 0) is 15.9 Å². The Morgan fingerprint density at radius 1 is 1.32 bits per heavy atom. The van der Waals surface area contributed by atoms with Gasteiger partial charge < -0.3 is 9.47 Å². The lowest BCUT2D eigenvalue weighted by molar-refractivity contribution is -0.153. The maximum atomic E-state index is 13.8. The van der Waals surface area contributed by atoms with Crippen LogP contribution in [0.2, 0.25) is 0 Å². The molecule has 1 atom stereocenters. The molecule has 1 aromatic carbocycles. The SMILES string of the molecule is CCOC(OCC)C(Cc1ccc(Br)cc1F)NN. The second-order valence-electron chi connectivity index (χ2n) is 3.99. The Balaban J connectivity index is 2.78. The van der Waals surface area contributed by atoms with Gasteiger partial charge in [-0.15, -0.1) is 0 Å². The lowest BCUT2D eigenvalue weighted by Crippen LogP contribution is -2.48. The maximum Gasteiger partial charge on any atom is 0.174 e. The molecule has 0 saturated carbocycles. The first-order chi connectivity index (χ1) is 9.12. The Morgan fingerprint density at radius 2 is 1.95 bits per heavy atom. The molecule has 0 aliphatic carbocycles. The summed E-state index contributed by atoms with van der Waals surface area (Å²) in [6.07, 6.45) is -0.108. The molecule has 3 N–H and O–H groups in total. The van der Waals surface area contributed by atoms with Crippen LogP contribution < -0.4 is 11.3 Å². The molecule has 0 saturated heterocycles. The van der Waals surface area contributed by atoms with Crippen LogP contribution in [0.5, 0.6) is 0 Å². The van der Waals surface area contributed by atoms with Crippen LogP contribution in [0, 0.1) is 5.82 Å². The summed E-state index contributed by atoms with van der Waals surface area (Å²) in [6, 6.07) is 4.64. The van der Waals surface area contributed by atoms with Gasteiger partial charge in [-0.2, -0.15) is 0 Å². The molecule has 0 fully saturated rings. The maximum absolute atomic E-state index is 13.8. The van der Waals surface area contributed by atoms with E-state index in [1.807, 2.05) is 13.8 Å². The first kappa shape index (κ1) is 16.5. The number of benzene rings is 1. The van der Waals surface area contributed by atoms with Crippen LogP contribution in [0.25, 0.3) is 0 Å². The van der Waals surface area contributed by atoms with Crippen molar-refractivity contribution in [1.82, 2.24) is 5.43 Å². The van der Waals surface area contributed by atoms with Gasteiger partial charge >= 0.3 is 0 Å². The van der Waals surface area contributed by atoms with E-state index in [1.54, 1.807) is 12.1 Å². The molecule has 1 rings (SSSR count). The Labute approximate surface area is 121 Å². The van der Waals surface area contributed by atoms with Crippen molar-refractivity contribution < 1.29 is 13.9 Å². The number of ether oxygens (including phenoxy) is 2. The highest BCUT2D eigenvalue weighted by Crippen LogP contribution is 2.18. The Kier molecular flexibility index (Phi) is 7.48. The second kappa shape index (κ2) is 8.60. The molecule has 0 bridgehead atoms. The molecule has 4 nitrogen and oxygen atoms in total. The molecule has 1 aromatic rings. The molecule has 0 heterocycles. The summed E-state index contributed by atoms with van der Waals surface area (Å²) in [5.41, 5.74) is 3.20. The molecule has 0 radical (unpaired) electrons. The normalized spacial score (nSPS) is 12.9. The average Bonchev–Trinajstić information content (AvgIpc) is 2.38. The highest BCUT2D eigenvalue weighted by Gasteiger charge is 2.22. The molecule has 0 aromatic heterocycles. The highest BCUT2D eigenvalue weighted by molar-refractivity contribution is 9.10. The van der Waals surface area contributed by atoms with Crippen LogP contribution in [0.1, 0.15) is 19.4 Å². The first-order valence-electron chi connectivity index (χ1n) is 6.25. The van der Waals surface area contributed by atoms with E-state index in [0.717, 1.165) is 0 Å². The molecule has 0 amide bonds. The van der Waals surface area contributed by atoms with Crippen molar-refractivity contribution >= 4 is 15.9 Å². The lowest BCUT2D eigenvalue weighted by atomic mass is 10.1. The standard InChI is InChI=1S/C13H20BrFN2O2/c1-3-18-13(19-4-2)12(17-16)7-9-5-6-10(14)8-11(9)15/h5-6,8,12-13,17H,3-4,7,16H2,1-2H3. The van der Waals surface area contributed by atoms with E-state index in [2.05, 4.69) is 21.4 Å². The van der Waals surface area contributed by atoms with Gasteiger partial charge in [0, 0.05) is 17.7 Å². The minimum absolute atomic E-state index is 0.277. The van der Waals surface area contributed by atoms with Gasteiger partial charge in [0.25, 0.3) is 0 Å². The number of halogens is 2. The van der Waals surface area contributed by atoms with Gasteiger partial charge in [0.15, 0.2) is 6.29 Å². The fourth-order valence-corrected chi connectivity index (χ4v) is 2.10. The third-order valence-electron chi connectivity index (χ3n) is 2.66. The minimum atomic E-state index is -0.497. The molecular formula is C13H20BrFN2O2. The van der Waals surface area contributed by atoms with Gasteiger partial charge in [0.2, 0.25) is 0 Å². The van der Waals surface area contributed by atoms with Gasteiger partial charge in [-0.1, -0.05) is 22.0 Å². The number of nitrogens with two attached hydrogens (primary N) is 1. The van der Waals surface area contributed by atoms with Gasteiger partial charge in [0.05, 0.1) is 6.04 Å². The molecule has 1 unspecified atom stereocenters. The largest absolute Gasteiger partial charge is 0.351 e. The molecule has 0 spiro atoms. The topological polar surface area (TPSA) is 56.5 Å². The second-order valence-corrected chi connectivity index (χ2v) is 4.91. The predicted molar refractivity (Wildman–Crippen MR) is 76.0 cm³/mol. The summed E-state index contributed by atoms with van der Waals surface area (Å²) >= 11 is 3.23. The van der Waals surface area contributed by atoms with Crippen molar-refractivity contribution in [3.8, 4) is 0 Å². The Bertz CT molecular complexity index is 387. The predicted octanol–water partition coefficient (Wildman–Crippen LogP) is 2.36. The van der Waals surface area contributed by atoms with Crippen molar-refractivity contribution in [2.45, 2.75) is 32.6 Å². The van der Waals surface area contributed by atoms with Crippen molar-refractivity contribution in [3.05, 3.63) is 34.1 Å². The molecular weight excluding hydrogens is 315 g/mol. The van der Waals surface area contributed by atoms with Crippen LogP contribution in [0.15, 0.2) is 22.7 Å². The first-order valence-corrected chi connectivity index (χ1v) is 7.04. The summed E-state index contributed by atoms with van der Waals surface area (Å²) in [7, 11) is 0. The summed E-state index contributed by atoms with van der Waals surface area (Å²) in [5.74, 6) is 5.24. The molecule has 19 heavy (non-hydrogen) atoms. The molecule has 0 aliphatic rings. The minimum Gasteiger partial charge on any atom is -0.351 e. The van der Waals surface area contributed by atoms with Gasteiger partial charge in [0.1, 0.15) is 5.82 Å². The fourth-order valence-electron chi connectivity index (χ4n) is 1.77. The molecule has 6 heteroatoms. The van der Waals surface area contributed by atoms with Crippen LogP contribution in [0.4, 0.5) is 4.39 Å². The van der Waals surface area contributed by atoms with E-state index in [9.17, 15) is 4.39 Å². The van der Waals surface area contributed by atoms with E-state index in [1.165, 1.54) is 6.07 Å². The van der Waals surface area contributed by atoms with E-state index in [-0.39, 0.29) is 11.9 Å². The van der Waals surface area contributed by atoms with E-state index in [0.29, 0.717) is 29.7 Å². The van der Waals surface area contributed by atoms with Gasteiger partial charge in [-0.25, -0.2) is 4.39 Å². The van der Waals surface area contributed by atoms with Crippen molar-refractivity contribution in [1.29, 1.82) is 0 Å². The Hall–Kier alpha value is -0.530. The number of hydrazine groups is 1. The fraction of sp³-hybridized carbons (Fsp3) is 0.538. The summed E-state index contributed by atoms with van der Waals surface area (Å²) in [6.45, 7) is 4.76. The Morgan fingerprint density at radius 3 is 2.42 bits per heavy atom. The summed E-state index contributed by atoms with van der Waals surface area (Å²) in [5, 5.41) is 0. The van der Waals surface area contributed by atoms with Crippen LogP contribution in [-0.4, -0.2) is 25.5 Å². The quantitative estimate of drug-likeness (QED) is 0.435.